The van der Waals surface area contributed by atoms with Gasteiger partial charge >= 0.3 is 0 Å². The molecule has 34 heavy (non-hydrogen) atoms. The van der Waals surface area contributed by atoms with Crippen LogP contribution >= 0.6 is 0 Å². The smallest absolute Gasteiger partial charge is 0.0705 e. The second-order valence-corrected chi connectivity index (χ2v) is 12.1. The highest BCUT2D eigenvalue weighted by molar-refractivity contribution is 5.63. The van der Waals surface area contributed by atoms with Crippen LogP contribution in [0.3, 0.4) is 0 Å². The number of nitrogen functional groups attached to an aromatic ring is 1. The number of anilines is 1. The van der Waals surface area contributed by atoms with E-state index in [2.05, 4.69) is 123 Å². The molecule has 184 valence electrons. The van der Waals surface area contributed by atoms with Gasteiger partial charge in [0.15, 0.2) is 0 Å². The minimum absolute atomic E-state index is 0.139. The Morgan fingerprint density at radius 1 is 0.676 bits per heavy atom. The lowest BCUT2D eigenvalue weighted by Crippen LogP contribution is -2.16. The highest BCUT2D eigenvalue weighted by Crippen LogP contribution is 2.33. The SMILES string of the molecule is CC(C)c1cccc(C(C)C)c1N.Cc1cccc(-c2cc(C(C)(C)C)cc(C(C)(C)C)c2)n1. The lowest BCUT2D eigenvalue weighted by molar-refractivity contribution is 0.569. The zero-order valence-corrected chi connectivity index (χ0v) is 23.4. The van der Waals surface area contributed by atoms with E-state index >= 15 is 0 Å². The molecular formula is C32H46N2. The molecule has 0 spiro atoms. The van der Waals surface area contributed by atoms with Crippen LogP contribution in [0.1, 0.15) is 109 Å². The number of benzene rings is 2. The summed E-state index contributed by atoms with van der Waals surface area (Å²) in [7, 11) is 0. The number of nitrogens with two attached hydrogens (primary N) is 1. The van der Waals surface area contributed by atoms with Crippen molar-refractivity contribution in [1.82, 2.24) is 4.98 Å². The zero-order valence-electron chi connectivity index (χ0n) is 23.4. The fourth-order valence-corrected chi connectivity index (χ4v) is 3.95. The van der Waals surface area contributed by atoms with E-state index in [0.717, 1.165) is 17.1 Å². The molecule has 0 aliphatic heterocycles. The topological polar surface area (TPSA) is 38.9 Å². The van der Waals surface area contributed by atoms with E-state index in [4.69, 9.17) is 5.73 Å². The standard InChI is InChI=1S/C20H27N.C12H19N/c1-14-9-8-10-18(21-14)15-11-16(19(2,3)4)13-17(12-15)20(5,6)7;1-8(2)10-6-5-7-11(9(3)4)12(10)13/h8-13H,1-7H3;5-9H,13H2,1-4H3. The number of hydrogen-bond donors (Lipinski definition) is 1. The summed E-state index contributed by atoms with van der Waals surface area (Å²) >= 11 is 0. The van der Waals surface area contributed by atoms with Gasteiger partial charge in [0.2, 0.25) is 0 Å². The van der Waals surface area contributed by atoms with Crippen molar-refractivity contribution in [2.75, 3.05) is 5.73 Å². The predicted octanol–water partition coefficient (Wildman–Crippen LogP) is 9.17. The van der Waals surface area contributed by atoms with Gasteiger partial charge in [0.25, 0.3) is 0 Å². The van der Waals surface area contributed by atoms with Crippen molar-refractivity contribution in [1.29, 1.82) is 0 Å². The zero-order chi connectivity index (χ0) is 25.8. The van der Waals surface area contributed by atoms with Crippen LogP contribution < -0.4 is 5.73 Å². The number of aryl methyl sites for hydroxylation is 1. The van der Waals surface area contributed by atoms with Gasteiger partial charge in [-0.05, 0) is 76.1 Å². The highest BCUT2D eigenvalue weighted by atomic mass is 14.7. The van der Waals surface area contributed by atoms with Gasteiger partial charge in [-0.1, -0.05) is 99.6 Å². The van der Waals surface area contributed by atoms with Gasteiger partial charge in [0.05, 0.1) is 5.69 Å². The number of pyridine rings is 1. The van der Waals surface area contributed by atoms with E-state index in [1.165, 1.54) is 27.8 Å². The van der Waals surface area contributed by atoms with E-state index in [1.807, 2.05) is 13.0 Å². The molecule has 0 atom stereocenters. The predicted molar refractivity (Wildman–Crippen MR) is 151 cm³/mol. The molecule has 2 heteroatoms. The molecule has 0 saturated carbocycles. The summed E-state index contributed by atoms with van der Waals surface area (Å²) in [6.45, 7) is 24.3. The van der Waals surface area contributed by atoms with Gasteiger partial charge in [-0.2, -0.15) is 0 Å². The molecule has 0 amide bonds. The second-order valence-electron chi connectivity index (χ2n) is 12.1. The van der Waals surface area contributed by atoms with Gasteiger partial charge in [-0.15, -0.1) is 0 Å². The summed E-state index contributed by atoms with van der Waals surface area (Å²) in [4.78, 5) is 4.69. The lowest BCUT2D eigenvalue weighted by Gasteiger charge is -2.26. The van der Waals surface area contributed by atoms with Crippen LogP contribution in [-0.4, -0.2) is 4.98 Å². The molecule has 1 aromatic heterocycles. The number of rotatable bonds is 3. The lowest BCUT2D eigenvalue weighted by atomic mass is 9.79. The molecule has 0 radical (unpaired) electrons. The van der Waals surface area contributed by atoms with E-state index < -0.39 is 0 Å². The Labute approximate surface area is 209 Å². The van der Waals surface area contributed by atoms with E-state index in [9.17, 15) is 0 Å². The van der Waals surface area contributed by atoms with Crippen molar-refractivity contribution in [3.63, 3.8) is 0 Å². The molecule has 3 aromatic rings. The van der Waals surface area contributed by atoms with Crippen LogP contribution in [0.4, 0.5) is 5.69 Å². The average molecular weight is 459 g/mol. The molecule has 0 fully saturated rings. The largest absolute Gasteiger partial charge is 0.398 e. The van der Waals surface area contributed by atoms with Crippen molar-refractivity contribution in [3.05, 3.63) is 82.5 Å². The van der Waals surface area contributed by atoms with Gasteiger partial charge < -0.3 is 5.73 Å². The van der Waals surface area contributed by atoms with E-state index in [-0.39, 0.29) is 10.8 Å². The monoisotopic (exact) mass is 458 g/mol. The Morgan fingerprint density at radius 2 is 1.12 bits per heavy atom. The van der Waals surface area contributed by atoms with Crippen LogP contribution in [0.25, 0.3) is 11.3 Å². The van der Waals surface area contributed by atoms with Crippen molar-refractivity contribution < 1.29 is 0 Å². The number of aromatic nitrogens is 1. The summed E-state index contributed by atoms with van der Waals surface area (Å²) in [6, 6.07) is 19.5. The minimum Gasteiger partial charge on any atom is -0.398 e. The fourth-order valence-electron chi connectivity index (χ4n) is 3.95. The number of hydrogen-bond acceptors (Lipinski definition) is 2. The van der Waals surface area contributed by atoms with Crippen LogP contribution in [0.5, 0.6) is 0 Å². The quantitative estimate of drug-likeness (QED) is 0.397. The third kappa shape index (κ3) is 7.19. The summed E-state index contributed by atoms with van der Waals surface area (Å²) in [5.74, 6) is 1.03. The van der Waals surface area contributed by atoms with Gasteiger partial charge in [-0.25, -0.2) is 0 Å². The number of para-hydroxylation sites is 1. The molecule has 0 aliphatic carbocycles. The molecule has 0 unspecified atom stereocenters. The average Bonchev–Trinajstić information content (AvgIpc) is 2.72. The first-order valence-corrected chi connectivity index (χ1v) is 12.6. The van der Waals surface area contributed by atoms with Crippen LogP contribution in [0, 0.1) is 6.92 Å². The molecule has 0 saturated heterocycles. The van der Waals surface area contributed by atoms with E-state index in [0.29, 0.717) is 11.8 Å². The maximum atomic E-state index is 6.09. The highest BCUT2D eigenvalue weighted by Gasteiger charge is 2.21. The minimum atomic E-state index is 0.139. The Hall–Kier alpha value is -2.61. The molecule has 1 heterocycles. The molecule has 0 aliphatic rings. The Kier molecular flexibility index (Phi) is 8.75. The first-order valence-electron chi connectivity index (χ1n) is 12.6. The molecular weight excluding hydrogens is 412 g/mol. The van der Waals surface area contributed by atoms with E-state index in [1.54, 1.807) is 0 Å². The first kappa shape index (κ1) is 27.6. The maximum Gasteiger partial charge on any atom is 0.0705 e. The Morgan fingerprint density at radius 3 is 1.50 bits per heavy atom. The van der Waals surface area contributed by atoms with Crippen LogP contribution in [-0.2, 0) is 10.8 Å². The van der Waals surface area contributed by atoms with Crippen LogP contribution in [0.2, 0.25) is 0 Å². The third-order valence-electron chi connectivity index (χ3n) is 6.27. The molecule has 2 nitrogen and oxygen atoms in total. The van der Waals surface area contributed by atoms with Crippen molar-refractivity contribution in [2.45, 2.75) is 98.8 Å². The van der Waals surface area contributed by atoms with Crippen molar-refractivity contribution in [2.24, 2.45) is 0 Å². The summed E-state index contributed by atoms with van der Waals surface area (Å²) in [5.41, 5.74) is 16.0. The second kappa shape index (κ2) is 10.8. The molecule has 2 N–H and O–H groups in total. The van der Waals surface area contributed by atoms with Gasteiger partial charge in [-0.3, -0.25) is 4.98 Å². The summed E-state index contributed by atoms with van der Waals surface area (Å²) < 4.78 is 0. The summed E-state index contributed by atoms with van der Waals surface area (Å²) in [6.07, 6.45) is 0. The Bertz CT molecular complexity index is 1030. The molecule has 0 bridgehead atoms. The third-order valence-corrected chi connectivity index (χ3v) is 6.27. The van der Waals surface area contributed by atoms with Crippen LogP contribution in [0.15, 0.2) is 54.6 Å². The fraction of sp³-hybridized carbons (Fsp3) is 0.469. The number of nitrogens with zero attached hydrogens (tertiary/aromatic N) is 1. The van der Waals surface area contributed by atoms with Gasteiger partial charge in [0.1, 0.15) is 0 Å². The maximum absolute atomic E-state index is 6.09. The first-order chi connectivity index (χ1) is 15.6. The Balaban J connectivity index is 0.000000270. The normalized spacial score (nSPS) is 12.0. The molecule has 2 aromatic carbocycles. The van der Waals surface area contributed by atoms with Crippen molar-refractivity contribution in [3.8, 4) is 11.3 Å². The van der Waals surface area contributed by atoms with Crippen molar-refractivity contribution >= 4 is 5.69 Å². The van der Waals surface area contributed by atoms with Gasteiger partial charge in [0, 0.05) is 16.9 Å². The summed E-state index contributed by atoms with van der Waals surface area (Å²) in [5, 5.41) is 0. The molecule has 3 rings (SSSR count).